The molecule has 1 aliphatic heterocycles. The third-order valence-electron chi connectivity index (χ3n) is 2.92. The maximum absolute atomic E-state index is 13.5. The van der Waals surface area contributed by atoms with Gasteiger partial charge in [-0.15, -0.1) is 0 Å². The van der Waals surface area contributed by atoms with E-state index in [0.29, 0.717) is 23.7 Å². The zero-order valence-corrected chi connectivity index (χ0v) is 9.75. The zero-order chi connectivity index (χ0) is 11.5. The number of aliphatic hydroxyl groups excluding tert-OH is 1. The van der Waals surface area contributed by atoms with Gasteiger partial charge in [0.15, 0.2) is 0 Å². The molecule has 1 aromatic rings. The molecule has 1 heterocycles. The van der Waals surface area contributed by atoms with Crippen molar-refractivity contribution in [3.8, 4) is 0 Å². The minimum atomic E-state index is -0.292. The van der Waals surface area contributed by atoms with E-state index in [2.05, 4.69) is 0 Å². The van der Waals surface area contributed by atoms with E-state index in [4.69, 9.17) is 11.6 Å². The van der Waals surface area contributed by atoms with E-state index in [1.54, 1.807) is 12.1 Å². The van der Waals surface area contributed by atoms with Crippen molar-refractivity contribution < 1.29 is 9.50 Å². The van der Waals surface area contributed by atoms with Gasteiger partial charge < -0.3 is 5.11 Å². The zero-order valence-electron chi connectivity index (χ0n) is 9.00. The summed E-state index contributed by atoms with van der Waals surface area (Å²) in [5.74, 6) is -0.271. The van der Waals surface area contributed by atoms with Crippen molar-refractivity contribution >= 4 is 11.6 Å². The fraction of sp³-hybridized carbons (Fsp3) is 0.500. The Balaban J connectivity index is 2.08. The normalized spacial score (nSPS) is 22.3. The Kier molecular flexibility index (Phi) is 3.79. The van der Waals surface area contributed by atoms with Crippen LogP contribution in [0.5, 0.6) is 0 Å². The number of piperidine rings is 1. The van der Waals surface area contributed by atoms with E-state index in [-0.39, 0.29) is 11.9 Å². The molecule has 0 aliphatic carbocycles. The Labute approximate surface area is 99.6 Å². The minimum Gasteiger partial charge on any atom is -0.392 e. The first kappa shape index (κ1) is 11.8. The Hall–Kier alpha value is -0.640. The molecule has 0 radical (unpaired) electrons. The molecule has 0 bridgehead atoms. The lowest BCUT2D eigenvalue weighted by atomic mass is 10.1. The van der Waals surface area contributed by atoms with Crippen LogP contribution in [0.3, 0.4) is 0 Å². The smallest absolute Gasteiger partial charge is 0.129 e. The standard InChI is InChI=1S/C12H15ClFNO/c13-11-4-1-5-12(14)10(11)8-15-6-2-3-9(16)7-15/h1,4-5,9,16H,2-3,6-8H2/t9-/m0/s1. The van der Waals surface area contributed by atoms with Gasteiger partial charge in [0, 0.05) is 23.7 Å². The Morgan fingerprint density at radius 1 is 1.50 bits per heavy atom. The molecule has 0 saturated carbocycles. The van der Waals surface area contributed by atoms with Crippen LogP contribution in [0.25, 0.3) is 0 Å². The van der Waals surface area contributed by atoms with E-state index < -0.39 is 0 Å². The molecule has 88 valence electrons. The Bertz CT molecular complexity index is 352. The van der Waals surface area contributed by atoms with Crippen molar-refractivity contribution in [2.24, 2.45) is 0 Å². The molecule has 1 saturated heterocycles. The van der Waals surface area contributed by atoms with Crippen LogP contribution < -0.4 is 0 Å². The first-order chi connectivity index (χ1) is 7.66. The van der Waals surface area contributed by atoms with E-state index in [1.807, 2.05) is 4.90 Å². The van der Waals surface area contributed by atoms with E-state index in [1.165, 1.54) is 6.07 Å². The molecule has 2 nitrogen and oxygen atoms in total. The number of nitrogens with zero attached hydrogens (tertiary/aromatic N) is 1. The Morgan fingerprint density at radius 3 is 3.00 bits per heavy atom. The van der Waals surface area contributed by atoms with Crippen LogP contribution in [-0.2, 0) is 6.54 Å². The van der Waals surface area contributed by atoms with Crippen LogP contribution >= 0.6 is 11.6 Å². The molecule has 4 heteroatoms. The lowest BCUT2D eigenvalue weighted by molar-refractivity contribution is 0.0663. The van der Waals surface area contributed by atoms with E-state index in [9.17, 15) is 9.50 Å². The third-order valence-corrected chi connectivity index (χ3v) is 3.28. The molecular formula is C12H15ClFNO. The van der Waals surface area contributed by atoms with Gasteiger partial charge in [0.05, 0.1) is 6.10 Å². The number of aliphatic hydroxyl groups is 1. The monoisotopic (exact) mass is 243 g/mol. The minimum absolute atomic E-state index is 0.271. The van der Waals surface area contributed by atoms with Crippen LogP contribution in [0, 0.1) is 5.82 Å². The van der Waals surface area contributed by atoms with Crippen LogP contribution in [0.15, 0.2) is 18.2 Å². The van der Waals surface area contributed by atoms with Crippen LogP contribution in [0.1, 0.15) is 18.4 Å². The quantitative estimate of drug-likeness (QED) is 0.863. The predicted octanol–water partition coefficient (Wildman–Crippen LogP) is 2.44. The molecule has 0 unspecified atom stereocenters. The second-order valence-electron chi connectivity index (χ2n) is 4.23. The number of hydrogen-bond acceptors (Lipinski definition) is 2. The summed E-state index contributed by atoms with van der Waals surface area (Å²) in [5, 5.41) is 9.99. The first-order valence-corrected chi connectivity index (χ1v) is 5.88. The maximum Gasteiger partial charge on any atom is 0.129 e. The van der Waals surface area contributed by atoms with Crippen molar-refractivity contribution in [2.75, 3.05) is 13.1 Å². The van der Waals surface area contributed by atoms with Crippen molar-refractivity contribution in [2.45, 2.75) is 25.5 Å². The summed E-state index contributed by atoms with van der Waals surface area (Å²) in [4.78, 5) is 2.04. The highest BCUT2D eigenvalue weighted by Gasteiger charge is 2.19. The number of halogens is 2. The molecule has 1 aromatic carbocycles. The highest BCUT2D eigenvalue weighted by Crippen LogP contribution is 2.22. The fourth-order valence-electron chi connectivity index (χ4n) is 2.08. The molecule has 1 fully saturated rings. The van der Waals surface area contributed by atoms with Crippen molar-refractivity contribution in [1.82, 2.24) is 4.90 Å². The van der Waals surface area contributed by atoms with Crippen molar-refractivity contribution in [1.29, 1.82) is 0 Å². The second kappa shape index (κ2) is 5.13. The maximum atomic E-state index is 13.5. The van der Waals surface area contributed by atoms with E-state index >= 15 is 0 Å². The highest BCUT2D eigenvalue weighted by molar-refractivity contribution is 6.31. The lowest BCUT2D eigenvalue weighted by Gasteiger charge is -2.30. The van der Waals surface area contributed by atoms with Gasteiger partial charge in [-0.25, -0.2) is 4.39 Å². The van der Waals surface area contributed by atoms with Gasteiger partial charge in [0.2, 0.25) is 0 Å². The fourth-order valence-corrected chi connectivity index (χ4v) is 2.30. The summed E-state index contributed by atoms with van der Waals surface area (Å²) in [5.41, 5.74) is 0.526. The number of β-amino-alcohol motifs (C(OH)–C–C–N with tert-alkyl or cyclic N) is 1. The first-order valence-electron chi connectivity index (χ1n) is 5.50. The predicted molar refractivity (Wildman–Crippen MR) is 61.9 cm³/mol. The molecule has 0 aromatic heterocycles. The number of benzene rings is 1. The van der Waals surface area contributed by atoms with Crippen LogP contribution in [-0.4, -0.2) is 29.2 Å². The average Bonchev–Trinajstić information content (AvgIpc) is 2.24. The van der Waals surface area contributed by atoms with Gasteiger partial charge in [-0.2, -0.15) is 0 Å². The van der Waals surface area contributed by atoms with Gasteiger partial charge in [-0.3, -0.25) is 4.90 Å². The number of rotatable bonds is 2. The van der Waals surface area contributed by atoms with Crippen molar-refractivity contribution in [3.05, 3.63) is 34.6 Å². The molecule has 0 amide bonds. The third kappa shape index (κ3) is 2.73. The van der Waals surface area contributed by atoms with Crippen LogP contribution in [0.2, 0.25) is 5.02 Å². The van der Waals surface area contributed by atoms with Crippen LogP contribution in [0.4, 0.5) is 4.39 Å². The van der Waals surface area contributed by atoms with Crippen molar-refractivity contribution in [3.63, 3.8) is 0 Å². The van der Waals surface area contributed by atoms with Gasteiger partial charge in [-0.05, 0) is 31.5 Å². The summed E-state index contributed by atoms with van der Waals surface area (Å²) in [6, 6.07) is 4.72. The largest absolute Gasteiger partial charge is 0.392 e. The van der Waals surface area contributed by atoms with Gasteiger partial charge in [-0.1, -0.05) is 17.7 Å². The Morgan fingerprint density at radius 2 is 2.31 bits per heavy atom. The molecule has 16 heavy (non-hydrogen) atoms. The SMILES string of the molecule is O[C@H]1CCCN(Cc2c(F)cccc2Cl)C1. The highest BCUT2D eigenvalue weighted by atomic mass is 35.5. The molecule has 0 spiro atoms. The topological polar surface area (TPSA) is 23.5 Å². The molecule has 1 aliphatic rings. The molecule has 1 N–H and O–H groups in total. The summed E-state index contributed by atoms with van der Waals surface area (Å²) < 4.78 is 13.5. The summed E-state index contributed by atoms with van der Waals surface area (Å²) in [7, 11) is 0. The molecule has 2 rings (SSSR count). The summed E-state index contributed by atoms with van der Waals surface area (Å²) in [6.07, 6.45) is 1.49. The molecule has 1 atom stereocenters. The summed E-state index contributed by atoms with van der Waals surface area (Å²) >= 11 is 5.96. The van der Waals surface area contributed by atoms with Gasteiger partial charge in [0.1, 0.15) is 5.82 Å². The van der Waals surface area contributed by atoms with E-state index in [0.717, 1.165) is 19.4 Å². The second-order valence-corrected chi connectivity index (χ2v) is 4.64. The van der Waals surface area contributed by atoms with Gasteiger partial charge in [0.25, 0.3) is 0 Å². The number of hydrogen-bond donors (Lipinski definition) is 1. The average molecular weight is 244 g/mol. The summed E-state index contributed by atoms with van der Waals surface area (Å²) in [6.45, 7) is 1.97. The lowest BCUT2D eigenvalue weighted by Crippen LogP contribution is -2.37. The number of likely N-dealkylation sites (tertiary alicyclic amines) is 1. The molecular weight excluding hydrogens is 229 g/mol. The van der Waals surface area contributed by atoms with Gasteiger partial charge >= 0.3 is 0 Å².